The summed E-state index contributed by atoms with van der Waals surface area (Å²) in [6.45, 7) is 5.13. The van der Waals surface area contributed by atoms with Gasteiger partial charge in [0.2, 0.25) is 5.91 Å². The topological polar surface area (TPSA) is 80.4 Å². The van der Waals surface area contributed by atoms with Crippen molar-refractivity contribution in [3.63, 3.8) is 0 Å². The van der Waals surface area contributed by atoms with Crippen LogP contribution in [-0.4, -0.2) is 39.6 Å². The largest absolute Gasteiger partial charge is 0.472 e. The summed E-state index contributed by atoms with van der Waals surface area (Å²) in [4.78, 5) is 26.6. The highest BCUT2D eigenvalue weighted by molar-refractivity contribution is 5.94. The predicted molar refractivity (Wildman–Crippen MR) is 91.8 cm³/mol. The third kappa shape index (κ3) is 3.60. The van der Waals surface area contributed by atoms with Crippen molar-refractivity contribution in [1.29, 1.82) is 0 Å². The first kappa shape index (κ1) is 17.3. The molecule has 1 N–H and O–H groups in total. The molecule has 2 aromatic heterocycles. The van der Waals surface area contributed by atoms with Crippen molar-refractivity contribution in [3.05, 3.63) is 41.6 Å². The number of aromatic nitrogens is 2. The number of nitrogens with zero attached hydrogens (tertiary/aromatic N) is 3. The minimum Gasteiger partial charge on any atom is -0.472 e. The van der Waals surface area contributed by atoms with E-state index in [1.54, 1.807) is 21.8 Å². The van der Waals surface area contributed by atoms with Crippen LogP contribution in [0.25, 0.3) is 0 Å². The molecule has 0 radical (unpaired) electrons. The van der Waals surface area contributed by atoms with Gasteiger partial charge in [0.25, 0.3) is 5.91 Å². The van der Waals surface area contributed by atoms with Gasteiger partial charge in [-0.05, 0) is 32.8 Å². The van der Waals surface area contributed by atoms with Gasteiger partial charge >= 0.3 is 0 Å². The average Bonchev–Trinajstić information content (AvgIpc) is 3.25. The molecular weight excluding hydrogens is 320 g/mol. The van der Waals surface area contributed by atoms with Crippen LogP contribution in [0.1, 0.15) is 47.4 Å². The van der Waals surface area contributed by atoms with Crippen molar-refractivity contribution in [2.24, 2.45) is 13.0 Å². The van der Waals surface area contributed by atoms with E-state index < -0.39 is 0 Å². The van der Waals surface area contributed by atoms with Crippen molar-refractivity contribution in [3.8, 4) is 0 Å². The quantitative estimate of drug-likeness (QED) is 0.920. The number of carbonyl (C=O) groups excluding carboxylic acids is 2. The Morgan fingerprint density at radius 2 is 2.08 bits per heavy atom. The number of hydrogen-bond acceptors (Lipinski definition) is 4. The number of hydrogen-bond donors (Lipinski definition) is 1. The fourth-order valence-corrected chi connectivity index (χ4v) is 3.26. The van der Waals surface area contributed by atoms with E-state index in [2.05, 4.69) is 10.4 Å². The Morgan fingerprint density at radius 1 is 1.36 bits per heavy atom. The molecule has 7 heteroatoms. The molecule has 2 aromatic rings. The Morgan fingerprint density at radius 3 is 2.64 bits per heavy atom. The summed E-state index contributed by atoms with van der Waals surface area (Å²) >= 11 is 0. The van der Waals surface area contributed by atoms with Gasteiger partial charge in [-0.15, -0.1) is 0 Å². The molecule has 0 unspecified atom stereocenters. The van der Waals surface area contributed by atoms with Crippen molar-refractivity contribution in [2.45, 2.75) is 32.7 Å². The first-order valence-electron chi connectivity index (χ1n) is 8.57. The van der Waals surface area contributed by atoms with Gasteiger partial charge in [0.1, 0.15) is 6.26 Å². The fraction of sp³-hybridized carbons (Fsp3) is 0.500. The van der Waals surface area contributed by atoms with Gasteiger partial charge in [-0.3, -0.25) is 14.3 Å². The van der Waals surface area contributed by atoms with Gasteiger partial charge in [0.15, 0.2) is 0 Å². The summed E-state index contributed by atoms with van der Waals surface area (Å²) in [6.07, 6.45) is 6.10. The van der Waals surface area contributed by atoms with Crippen LogP contribution in [0.3, 0.4) is 0 Å². The van der Waals surface area contributed by atoms with Gasteiger partial charge in [0.05, 0.1) is 24.1 Å². The van der Waals surface area contributed by atoms with E-state index in [1.165, 1.54) is 12.5 Å². The van der Waals surface area contributed by atoms with Crippen LogP contribution >= 0.6 is 0 Å². The molecule has 0 aromatic carbocycles. The van der Waals surface area contributed by atoms with Crippen LogP contribution in [0.5, 0.6) is 0 Å². The second-order valence-corrected chi connectivity index (χ2v) is 6.62. The molecule has 2 amide bonds. The van der Waals surface area contributed by atoms with E-state index in [-0.39, 0.29) is 23.8 Å². The lowest BCUT2D eigenvalue weighted by Gasteiger charge is -2.31. The summed E-state index contributed by atoms with van der Waals surface area (Å²) in [6, 6.07) is 1.59. The molecule has 3 rings (SSSR count). The number of carbonyl (C=O) groups is 2. The summed E-state index contributed by atoms with van der Waals surface area (Å²) in [7, 11) is 1.89. The second kappa shape index (κ2) is 7.13. The minimum atomic E-state index is -0.0770. The molecule has 1 fully saturated rings. The van der Waals surface area contributed by atoms with Crippen LogP contribution in [-0.2, 0) is 11.8 Å². The normalized spacial score (nSPS) is 16.7. The lowest BCUT2D eigenvalue weighted by Crippen LogP contribution is -2.43. The molecule has 0 saturated carbocycles. The molecule has 0 spiro atoms. The maximum Gasteiger partial charge on any atom is 0.257 e. The zero-order valence-electron chi connectivity index (χ0n) is 14.9. The van der Waals surface area contributed by atoms with Crippen molar-refractivity contribution in [1.82, 2.24) is 20.0 Å². The molecule has 134 valence electrons. The average molecular weight is 344 g/mol. The fourth-order valence-electron chi connectivity index (χ4n) is 3.26. The molecule has 1 atom stereocenters. The molecule has 1 saturated heterocycles. The second-order valence-electron chi connectivity index (χ2n) is 6.62. The summed E-state index contributed by atoms with van der Waals surface area (Å²) < 4.78 is 6.77. The van der Waals surface area contributed by atoms with E-state index in [0.717, 1.165) is 11.3 Å². The Bertz CT molecular complexity index is 742. The van der Waals surface area contributed by atoms with E-state index in [9.17, 15) is 9.59 Å². The zero-order chi connectivity index (χ0) is 18.0. The highest BCUT2D eigenvalue weighted by Crippen LogP contribution is 2.22. The van der Waals surface area contributed by atoms with Gasteiger partial charge < -0.3 is 14.6 Å². The zero-order valence-corrected chi connectivity index (χ0v) is 14.9. The van der Waals surface area contributed by atoms with Gasteiger partial charge in [-0.2, -0.15) is 5.10 Å². The minimum absolute atomic E-state index is 0.0352. The van der Waals surface area contributed by atoms with Crippen LogP contribution < -0.4 is 5.32 Å². The van der Waals surface area contributed by atoms with Gasteiger partial charge in [0, 0.05) is 37.3 Å². The standard InChI is InChI=1S/C18H24N4O3/c1-12(16-10-19-21(3)13(16)2)20-17(23)14-4-7-22(8-5-14)18(24)15-6-9-25-11-15/h6,9-12,14H,4-5,7-8H2,1-3H3,(H,20,23)/t12-/m1/s1. The van der Waals surface area contributed by atoms with Crippen LogP contribution in [0.2, 0.25) is 0 Å². The Balaban J connectivity index is 1.53. The number of amides is 2. The lowest BCUT2D eigenvalue weighted by atomic mass is 9.95. The van der Waals surface area contributed by atoms with Crippen molar-refractivity contribution < 1.29 is 14.0 Å². The third-order valence-corrected chi connectivity index (χ3v) is 5.02. The molecule has 0 aliphatic carbocycles. The molecule has 0 bridgehead atoms. The third-order valence-electron chi connectivity index (χ3n) is 5.02. The van der Waals surface area contributed by atoms with Crippen LogP contribution in [0.15, 0.2) is 29.2 Å². The monoisotopic (exact) mass is 344 g/mol. The smallest absolute Gasteiger partial charge is 0.257 e. The van der Waals surface area contributed by atoms with E-state index in [1.807, 2.05) is 20.9 Å². The summed E-state index contributed by atoms with van der Waals surface area (Å²) in [5.74, 6) is -0.0500. The van der Waals surface area contributed by atoms with Gasteiger partial charge in [-0.1, -0.05) is 0 Å². The van der Waals surface area contributed by atoms with E-state index >= 15 is 0 Å². The number of piperidine rings is 1. The Labute approximate surface area is 147 Å². The van der Waals surface area contributed by atoms with Crippen LogP contribution in [0, 0.1) is 12.8 Å². The number of rotatable bonds is 4. The Hall–Kier alpha value is -2.57. The molecule has 1 aliphatic heterocycles. The SMILES string of the molecule is Cc1c([C@@H](C)NC(=O)C2CCN(C(=O)c3ccoc3)CC2)cnn1C. The summed E-state index contributed by atoms with van der Waals surface area (Å²) in [5.41, 5.74) is 2.64. The number of likely N-dealkylation sites (tertiary alicyclic amines) is 1. The maximum absolute atomic E-state index is 12.5. The van der Waals surface area contributed by atoms with Crippen molar-refractivity contribution in [2.75, 3.05) is 13.1 Å². The molecule has 7 nitrogen and oxygen atoms in total. The number of aryl methyl sites for hydroxylation is 1. The highest BCUT2D eigenvalue weighted by atomic mass is 16.3. The predicted octanol–water partition coefficient (Wildman–Crippen LogP) is 2.05. The molecular formula is C18H24N4O3. The first-order chi connectivity index (χ1) is 12.0. The van der Waals surface area contributed by atoms with Crippen LogP contribution in [0.4, 0.5) is 0 Å². The Kier molecular flexibility index (Phi) is 4.92. The van der Waals surface area contributed by atoms with E-state index in [4.69, 9.17) is 4.42 Å². The lowest BCUT2D eigenvalue weighted by molar-refractivity contribution is -0.127. The molecule has 3 heterocycles. The van der Waals surface area contributed by atoms with Crippen molar-refractivity contribution >= 4 is 11.8 Å². The molecule has 1 aliphatic rings. The molecule has 25 heavy (non-hydrogen) atoms. The van der Waals surface area contributed by atoms with E-state index in [0.29, 0.717) is 31.5 Å². The van der Waals surface area contributed by atoms with Gasteiger partial charge in [-0.25, -0.2) is 0 Å². The summed E-state index contributed by atoms with van der Waals surface area (Å²) in [5, 5.41) is 7.31. The highest BCUT2D eigenvalue weighted by Gasteiger charge is 2.29. The number of furan rings is 1. The first-order valence-corrected chi connectivity index (χ1v) is 8.57. The maximum atomic E-state index is 12.5. The number of nitrogens with one attached hydrogen (secondary N) is 1.